The van der Waals surface area contributed by atoms with E-state index in [0.717, 1.165) is 29.7 Å². The van der Waals surface area contributed by atoms with Crippen LogP contribution in [-0.2, 0) is 12.8 Å². The lowest BCUT2D eigenvalue weighted by atomic mass is 10.00. The van der Waals surface area contributed by atoms with E-state index in [1.807, 2.05) is 0 Å². The van der Waals surface area contributed by atoms with Crippen molar-refractivity contribution in [2.24, 2.45) is 0 Å². The van der Waals surface area contributed by atoms with Gasteiger partial charge in [0.25, 0.3) is 0 Å². The molecule has 1 heterocycles. The van der Waals surface area contributed by atoms with Gasteiger partial charge in [0.1, 0.15) is 5.75 Å². The summed E-state index contributed by atoms with van der Waals surface area (Å²) in [4.78, 5) is 0.165. The van der Waals surface area contributed by atoms with E-state index < -0.39 is 0 Å². The number of aryl methyl sites for hydroxylation is 1. The molecule has 0 saturated heterocycles. The van der Waals surface area contributed by atoms with Gasteiger partial charge in [0.05, 0.1) is 11.4 Å². The summed E-state index contributed by atoms with van der Waals surface area (Å²) in [6.07, 6.45) is 2.07. The molecular formula is C17H16Br2O. The Hall–Kier alpha value is -0.800. The van der Waals surface area contributed by atoms with Gasteiger partial charge in [0.2, 0.25) is 0 Å². The first-order valence-electron chi connectivity index (χ1n) is 6.87. The molecule has 104 valence electrons. The van der Waals surface area contributed by atoms with Gasteiger partial charge in [-0.1, -0.05) is 63.0 Å². The maximum Gasteiger partial charge on any atom is 0.127 e. The standard InChI is InChI=1S/C17H16Br2O/c1-2-11-3-5-12(6-4-11)16(19)15-10-14(18)9-13-7-8-20-17(13)15/h3-6,9-10,16H,2,7-8H2,1H3. The second-order valence-electron chi connectivity index (χ2n) is 5.04. The number of hydrogen-bond donors (Lipinski definition) is 0. The van der Waals surface area contributed by atoms with Crippen molar-refractivity contribution in [1.82, 2.24) is 0 Å². The van der Waals surface area contributed by atoms with Gasteiger partial charge < -0.3 is 4.74 Å². The summed E-state index contributed by atoms with van der Waals surface area (Å²) in [5.41, 5.74) is 5.13. The van der Waals surface area contributed by atoms with Gasteiger partial charge in [-0.05, 0) is 35.2 Å². The lowest BCUT2D eigenvalue weighted by Crippen LogP contribution is -1.97. The molecule has 0 N–H and O–H groups in total. The number of alkyl halides is 1. The topological polar surface area (TPSA) is 9.23 Å². The van der Waals surface area contributed by atoms with Gasteiger partial charge >= 0.3 is 0 Å². The Balaban J connectivity index is 1.99. The average molecular weight is 396 g/mol. The van der Waals surface area contributed by atoms with Gasteiger partial charge in [-0.25, -0.2) is 0 Å². The van der Waals surface area contributed by atoms with Crippen LogP contribution in [0.1, 0.15) is 34.0 Å². The maximum atomic E-state index is 5.82. The highest BCUT2D eigenvalue weighted by Crippen LogP contribution is 2.42. The first kappa shape index (κ1) is 14.2. The Kier molecular flexibility index (Phi) is 4.18. The van der Waals surface area contributed by atoms with Crippen LogP contribution in [0.5, 0.6) is 5.75 Å². The normalized spacial score (nSPS) is 14.8. The fourth-order valence-corrected chi connectivity index (χ4v) is 3.76. The third-order valence-corrected chi connectivity index (χ3v) is 5.21. The third-order valence-electron chi connectivity index (χ3n) is 3.73. The monoisotopic (exact) mass is 394 g/mol. The Morgan fingerprint density at radius 1 is 1.20 bits per heavy atom. The molecule has 3 heteroatoms. The van der Waals surface area contributed by atoms with Crippen molar-refractivity contribution in [2.75, 3.05) is 6.61 Å². The van der Waals surface area contributed by atoms with Crippen molar-refractivity contribution in [3.05, 3.63) is 63.1 Å². The minimum absolute atomic E-state index is 0.165. The second kappa shape index (κ2) is 5.90. The number of hydrogen-bond acceptors (Lipinski definition) is 1. The third kappa shape index (κ3) is 2.66. The number of halogens is 2. The molecule has 0 aliphatic carbocycles. The number of benzene rings is 2. The highest BCUT2D eigenvalue weighted by Gasteiger charge is 2.22. The molecule has 3 rings (SSSR count). The zero-order chi connectivity index (χ0) is 14.1. The molecule has 1 aliphatic heterocycles. The van der Waals surface area contributed by atoms with Crippen LogP contribution in [-0.4, -0.2) is 6.61 Å². The van der Waals surface area contributed by atoms with Crippen LogP contribution in [0, 0.1) is 0 Å². The van der Waals surface area contributed by atoms with Crippen molar-refractivity contribution >= 4 is 31.9 Å². The van der Waals surface area contributed by atoms with Crippen LogP contribution >= 0.6 is 31.9 Å². The van der Waals surface area contributed by atoms with Crippen molar-refractivity contribution in [1.29, 1.82) is 0 Å². The van der Waals surface area contributed by atoms with Crippen molar-refractivity contribution in [3.63, 3.8) is 0 Å². The fraction of sp³-hybridized carbons (Fsp3) is 0.294. The Morgan fingerprint density at radius 2 is 1.95 bits per heavy atom. The van der Waals surface area contributed by atoms with E-state index in [4.69, 9.17) is 4.74 Å². The summed E-state index contributed by atoms with van der Waals surface area (Å²) < 4.78 is 6.94. The molecular weight excluding hydrogens is 380 g/mol. The summed E-state index contributed by atoms with van der Waals surface area (Å²) in [7, 11) is 0. The largest absolute Gasteiger partial charge is 0.493 e. The molecule has 0 spiro atoms. The number of ether oxygens (including phenoxy) is 1. The minimum atomic E-state index is 0.165. The number of fused-ring (bicyclic) bond motifs is 1. The van der Waals surface area contributed by atoms with E-state index in [2.05, 4.69) is 75.2 Å². The first-order chi connectivity index (χ1) is 9.69. The van der Waals surface area contributed by atoms with E-state index in [1.165, 1.54) is 22.3 Å². The molecule has 2 aromatic carbocycles. The Bertz CT molecular complexity index is 620. The molecule has 20 heavy (non-hydrogen) atoms. The average Bonchev–Trinajstić information content (AvgIpc) is 2.94. The highest BCUT2D eigenvalue weighted by atomic mass is 79.9. The van der Waals surface area contributed by atoms with E-state index in [9.17, 15) is 0 Å². The van der Waals surface area contributed by atoms with Crippen LogP contribution in [0.3, 0.4) is 0 Å². The summed E-state index contributed by atoms with van der Waals surface area (Å²) in [5.74, 6) is 1.05. The quantitative estimate of drug-likeness (QED) is 0.629. The molecule has 1 unspecified atom stereocenters. The molecule has 0 fully saturated rings. The van der Waals surface area contributed by atoms with Crippen LogP contribution in [0.4, 0.5) is 0 Å². The highest BCUT2D eigenvalue weighted by molar-refractivity contribution is 9.10. The van der Waals surface area contributed by atoms with Crippen molar-refractivity contribution < 1.29 is 4.74 Å². The zero-order valence-electron chi connectivity index (χ0n) is 11.3. The summed E-state index contributed by atoms with van der Waals surface area (Å²) in [5, 5.41) is 0. The van der Waals surface area contributed by atoms with Crippen molar-refractivity contribution in [2.45, 2.75) is 24.6 Å². The van der Waals surface area contributed by atoms with Crippen molar-refractivity contribution in [3.8, 4) is 5.75 Å². The smallest absolute Gasteiger partial charge is 0.127 e. The van der Waals surface area contributed by atoms with Gasteiger partial charge in [-0.3, -0.25) is 0 Å². The van der Waals surface area contributed by atoms with E-state index in [0.29, 0.717) is 0 Å². The lowest BCUT2D eigenvalue weighted by molar-refractivity contribution is 0.354. The molecule has 2 aromatic rings. The summed E-state index contributed by atoms with van der Waals surface area (Å²) in [6, 6.07) is 13.1. The van der Waals surface area contributed by atoms with Gasteiger partial charge in [0.15, 0.2) is 0 Å². The predicted molar refractivity (Wildman–Crippen MR) is 89.9 cm³/mol. The lowest BCUT2D eigenvalue weighted by Gasteiger charge is -2.15. The molecule has 0 amide bonds. The van der Waals surface area contributed by atoms with E-state index in [-0.39, 0.29) is 4.83 Å². The first-order valence-corrected chi connectivity index (χ1v) is 8.58. The van der Waals surface area contributed by atoms with Gasteiger partial charge in [0, 0.05) is 16.5 Å². The van der Waals surface area contributed by atoms with Crippen LogP contribution < -0.4 is 4.74 Å². The fourth-order valence-electron chi connectivity index (χ4n) is 2.59. The maximum absolute atomic E-state index is 5.82. The molecule has 1 atom stereocenters. The van der Waals surface area contributed by atoms with Crippen LogP contribution in [0.15, 0.2) is 40.9 Å². The molecule has 1 aliphatic rings. The van der Waals surface area contributed by atoms with Gasteiger partial charge in [-0.2, -0.15) is 0 Å². The molecule has 0 radical (unpaired) electrons. The van der Waals surface area contributed by atoms with E-state index in [1.54, 1.807) is 0 Å². The summed E-state index contributed by atoms with van der Waals surface area (Å²) >= 11 is 7.43. The second-order valence-corrected chi connectivity index (χ2v) is 6.87. The molecule has 1 nitrogen and oxygen atoms in total. The molecule has 0 aromatic heterocycles. The molecule has 0 saturated carbocycles. The number of rotatable bonds is 3. The van der Waals surface area contributed by atoms with Crippen LogP contribution in [0.2, 0.25) is 0 Å². The molecule has 0 bridgehead atoms. The van der Waals surface area contributed by atoms with Gasteiger partial charge in [-0.15, -0.1) is 0 Å². The summed E-state index contributed by atoms with van der Waals surface area (Å²) in [6.45, 7) is 2.96. The minimum Gasteiger partial charge on any atom is -0.493 e. The Labute approximate surface area is 136 Å². The van der Waals surface area contributed by atoms with E-state index >= 15 is 0 Å². The SMILES string of the molecule is CCc1ccc(C(Br)c2cc(Br)cc3c2OCC3)cc1. The zero-order valence-corrected chi connectivity index (χ0v) is 14.5. The Morgan fingerprint density at radius 3 is 2.65 bits per heavy atom. The van der Waals surface area contributed by atoms with Crippen LogP contribution in [0.25, 0.3) is 0 Å². The predicted octanol–water partition coefficient (Wildman–Crippen LogP) is 5.43.